The predicted octanol–water partition coefficient (Wildman–Crippen LogP) is 5.26. The van der Waals surface area contributed by atoms with Crippen LogP contribution in [0.5, 0.6) is 0 Å². The number of benzene rings is 1. The number of hydrogen-bond donors (Lipinski definition) is 1. The molecule has 0 radical (unpaired) electrons. The Labute approximate surface area is 119 Å². The topological polar surface area (TPSA) is 12.0 Å². The minimum atomic E-state index is 0.525. The highest BCUT2D eigenvalue weighted by Crippen LogP contribution is 2.20. The maximum Gasteiger partial charge on any atom is 0.0317 e. The summed E-state index contributed by atoms with van der Waals surface area (Å²) < 4.78 is 0. The Morgan fingerprint density at radius 3 is 2.16 bits per heavy atom. The third kappa shape index (κ3) is 6.24. The van der Waals surface area contributed by atoms with E-state index in [1.807, 2.05) is 0 Å². The summed E-state index contributed by atoms with van der Waals surface area (Å²) in [6, 6.07) is 9.72. The van der Waals surface area contributed by atoms with Gasteiger partial charge in [0.2, 0.25) is 0 Å². The fraction of sp³-hybridized carbons (Fsp3) is 0.667. The predicted molar refractivity (Wildman–Crippen MR) is 85.6 cm³/mol. The smallest absolute Gasteiger partial charge is 0.0317 e. The van der Waals surface area contributed by atoms with Crippen molar-refractivity contribution in [3.63, 3.8) is 0 Å². The number of nitrogens with one attached hydrogen (secondary N) is 1. The zero-order valence-electron chi connectivity index (χ0n) is 13.0. The molecular weight excluding hydrogens is 230 g/mol. The van der Waals surface area contributed by atoms with Gasteiger partial charge in [0, 0.05) is 6.04 Å². The van der Waals surface area contributed by atoms with Crippen LogP contribution in [0.2, 0.25) is 0 Å². The molecule has 0 fully saturated rings. The average molecular weight is 261 g/mol. The molecule has 1 heteroatoms. The Kier molecular flexibility index (Phi) is 8.57. The fourth-order valence-electron chi connectivity index (χ4n) is 2.63. The van der Waals surface area contributed by atoms with E-state index in [0.29, 0.717) is 6.04 Å². The Bertz CT molecular complexity index is 315. The number of rotatable bonds is 10. The van der Waals surface area contributed by atoms with E-state index in [1.165, 1.54) is 62.5 Å². The third-order valence-electron chi connectivity index (χ3n) is 3.87. The Morgan fingerprint density at radius 2 is 1.58 bits per heavy atom. The third-order valence-corrected chi connectivity index (χ3v) is 3.87. The SMILES string of the molecule is CCCCCCCC(NC)c1ccc(CCC)cc1. The first-order valence-electron chi connectivity index (χ1n) is 8.07. The van der Waals surface area contributed by atoms with Crippen LogP contribution in [0.3, 0.4) is 0 Å². The van der Waals surface area contributed by atoms with Gasteiger partial charge in [-0.25, -0.2) is 0 Å². The monoisotopic (exact) mass is 261 g/mol. The molecule has 19 heavy (non-hydrogen) atoms. The van der Waals surface area contributed by atoms with Gasteiger partial charge in [-0.3, -0.25) is 0 Å². The first-order valence-corrected chi connectivity index (χ1v) is 8.07. The molecule has 1 aromatic rings. The van der Waals surface area contributed by atoms with Gasteiger partial charge in [-0.2, -0.15) is 0 Å². The van der Waals surface area contributed by atoms with Gasteiger partial charge in [-0.15, -0.1) is 0 Å². The van der Waals surface area contributed by atoms with Gasteiger partial charge in [0.05, 0.1) is 0 Å². The molecule has 1 N–H and O–H groups in total. The van der Waals surface area contributed by atoms with E-state index >= 15 is 0 Å². The van der Waals surface area contributed by atoms with Crippen molar-refractivity contribution < 1.29 is 0 Å². The summed E-state index contributed by atoms with van der Waals surface area (Å²) in [5.74, 6) is 0. The molecule has 0 bridgehead atoms. The molecule has 1 nitrogen and oxygen atoms in total. The number of aryl methyl sites for hydroxylation is 1. The summed E-state index contributed by atoms with van der Waals surface area (Å²) in [6.07, 6.45) is 10.5. The second-order valence-corrected chi connectivity index (χ2v) is 5.54. The average Bonchev–Trinajstić information content (AvgIpc) is 2.44. The van der Waals surface area contributed by atoms with Crippen LogP contribution >= 0.6 is 0 Å². The van der Waals surface area contributed by atoms with E-state index in [-0.39, 0.29) is 0 Å². The van der Waals surface area contributed by atoms with Crippen LogP contribution in [-0.2, 0) is 6.42 Å². The van der Waals surface area contributed by atoms with Crippen LogP contribution in [0, 0.1) is 0 Å². The lowest BCUT2D eigenvalue weighted by atomic mass is 9.98. The van der Waals surface area contributed by atoms with E-state index in [0.717, 1.165) is 0 Å². The molecule has 0 aliphatic carbocycles. The van der Waals surface area contributed by atoms with Crippen LogP contribution in [0.15, 0.2) is 24.3 Å². The lowest BCUT2D eigenvalue weighted by Gasteiger charge is -2.17. The lowest BCUT2D eigenvalue weighted by Crippen LogP contribution is -2.16. The fourth-order valence-corrected chi connectivity index (χ4v) is 2.63. The molecule has 1 aromatic carbocycles. The van der Waals surface area contributed by atoms with Crippen LogP contribution < -0.4 is 5.32 Å². The maximum atomic E-state index is 3.46. The van der Waals surface area contributed by atoms with Crippen LogP contribution in [0.1, 0.15) is 76.0 Å². The van der Waals surface area contributed by atoms with Crippen molar-refractivity contribution in [2.75, 3.05) is 7.05 Å². The highest BCUT2D eigenvalue weighted by molar-refractivity contribution is 5.25. The molecule has 0 spiro atoms. The van der Waals surface area contributed by atoms with Crippen LogP contribution in [0.4, 0.5) is 0 Å². The second kappa shape index (κ2) is 10.0. The van der Waals surface area contributed by atoms with Crippen molar-refractivity contribution in [3.05, 3.63) is 35.4 Å². The van der Waals surface area contributed by atoms with E-state index in [9.17, 15) is 0 Å². The van der Waals surface area contributed by atoms with Crippen molar-refractivity contribution in [2.24, 2.45) is 0 Å². The molecule has 1 atom stereocenters. The number of hydrogen-bond acceptors (Lipinski definition) is 1. The molecule has 0 heterocycles. The molecule has 0 aliphatic heterocycles. The van der Waals surface area contributed by atoms with Crippen molar-refractivity contribution in [1.82, 2.24) is 5.32 Å². The Balaban J connectivity index is 2.40. The highest BCUT2D eigenvalue weighted by Gasteiger charge is 2.08. The van der Waals surface area contributed by atoms with Gasteiger partial charge in [-0.05, 0) is 31.0 Å². The largest absolute Gasteiger partial charge is 0.313 e. The Hall–Kier alpha value is -0.820. The zero-order valence-corrected chi connectivity index (χ0v) is 13.0. The molecule has 1 rings (SSSR count). The quantitative estimate of drug-likeness (QED) is 0.566. The van der Waals surface area contributed by atoms with E-state index in [2.05, 4.69) is 50.5 Å². The zero-order chi connectivity index (χ0) is 13.9. The summed E-state index contributed by atoms with van der Waals surface area (Å²) in [5.41, 5.74) is 2.90. The minimum absolute atomic E-state index is 0.525. The van der Waals surface area contributed by atoms with Crippen LogP contribution in [-0.4, -0.2) is 7.05 Å². The van der Waals surface area contributed by atoms with Gasteiger partial charge in [-0.1, -0.05) is 76.6 Å². The van der Waals surface area contributed by atoms with Gasteiger partial charge >= 0.3 is 0 Å². The van der Waals surface area contributed by atoms with E-state index in [4.69, 9.17) is 0 Å². The van der Waals surface area contributed by atoms with Crippen molar-refractivity contribution in [3.8, 4) is 0 Å². The summed E-state index contributed by atoms with van der Waals surface area (Å²) >= 11 is 0. The highest BCUT2D eigenvalue weighted by atomic mass is 14.9. The summed E-state index contributed by atoms with van der Waals surface area (Å²) in [4.78, 5) is 0. The lowest BCUT2D eigenvalue weighted by molar-refractivity contribution is 0.501. The van der Waals surface area contributed by atoms with Gasteiger partial charge in [0.1, 0.15) is 0 Å². The van der Waals surface area contributed by atoms with Crippen LogP contribution in [0.25, 0.3) is 0 Å². The van der Waals surface area contributed by atoms with Gasteiger partial charge in [0.15, 0.2) is 0 Å². The molecule has 0 aliphatic rings. The first kappa shape index (κ1) is 16.2. The molecule has 0 amide bonds. The van der Waals surface area contributed by atoms with Crippen molar-refractivity contribution in [1.29, 1.82) is 0 Å². The maximum absolute atomic E-state index is 3.46. The van der Waals surface area contributed by atoms with E-state index < -0.39 is 0 Å². The van der Waals surface area contributed by atoms with Gasteiger partial charge in [0.25, 0.3) is 0 Å². The Morgan fingerprint density at radius 1 is 0.895 bits per heavy atom. The summed E-state index contributed by atoms with van der Waals surface area (Å²) in [6.45, 7) is 4.51. The molecule has 1 unspecified atom stereocenters. The minimum Gasteiger partial charge on any atom is -0.313 e. The normalized spacial score (nSPS) is 12.6. The molecule has 0 aromatic heterocycles. The molecule has 0 saturated carbocycles. The van der Waals surface area contributed by atoms with E-state index in [1.54, 1.807) is 0 Å². The summed E-state index contributed by atoms with van der Waals surface area (Å²) in [7, 11) is 2.08. The standard InChI is InChI=1S/C18H31N/c1-4-6-7-8-9-11-18(19-3)17-14-12-16(10-5-2)13-15-17/h12-15,18-19H,4-11H2,1-3H3. The first-order chi connectivity index (χ1) is 9.31. The number of unbranched alkanes of at least 4 members (excludes halogenated alkanes) is 4. The molecular formula is C18H31N. The molecule has 0 saturated heterocycles. The van der Waals surface area contributed by atoms with Crippen molar-refractivity contribution in [2.45, 2.75) is 71.3 Å². The molecule has 108 valence electrons. The summed E-state index contributed by atoms with van der Waals surface area (Å²) in [5, 5.41) is 3.46. The van der Waals surface area contributed by atoms with Crippen molar-refractivity contribution >= 4 is 0 Å². The van der Waals surface area contributed by atoms with Gasteiger partial charge < -0.3 is 5.32 Å². The second-order valence-electron chi connectivity index (χ2n) is 5.54.